The highest BCUT2D eigenvalue weighted by molar-refractivity contribution is 5.75. The van der Waals surface area contributed by atoms with Crippen LogP contribution in [0.5, 0.6) is 0 Å². The minimum Gasteiger partial charge on any atom is -0.334 e. The molecule has 0 aliphatic heterocycles. The lowest BCUT2D eigenvalue weighted by molar-refractivity contribution is 0.296. The molecule has 0 unspecified atom stereocenters. The molecule has 0 amide bonds. The van der Waals surface area contributed by atoms with Crippen molar-refractivity contribution in [1.29, 1.82) is 0 Å². The average molecular weight is 244 g/mol. The lowest BCUT2D eigenvalue weighted by atomic mass is 10.1. The number of fused-ring (bicyclic) bond motifs is 1. The maximum absolute atomic E-state index is 6.14. The highest BCUT2D eigenvalue weighted by Gasteiger charge is 2.38. The topological polar surface area (TPSA) is 47.1 Å². The molecule has 96 valence electrons. The van der Waals surface area contributed by atoms with Gasteiger partial charge in [-0.05, 0) is 37.6 Å². The number of aromatic nitrogens is 2. The SMILES string of the molecule is CN(Cc1ccc2c(c1)ncn2C)CC1(N)CC1. The molecular weight excluding hydrogens is 224 g/mol. The van der Waals surface area contributed by atoms with E-state index in [-0.39, 0.29) is 5.54 Å². The van der Waals surface area contributed by atoms with Gasteiger partial charge in [-0.2, -0.15) is 0 Å². The molecule has 1 heterocycles. The molecule has 1 aliphatic carbocycles. The molecule has 4 nitrogen and oxygen atoms in total. The number of hydrogen-bond donors (Lipinski definition) is 1. The third-order valence-electron chi connectivity index (χ3n) is 3.72. The summed E-state index contributed by atoms with van der Waals surface area (Å²) in [6.07, 6.45) is 4.18. The maximum Gasteiger partial charge on any atom is 0.0955 e. The summed E-state index contributed by atoms with van der Waals surface area (Å²) < 4.78 is 2.04. The van der Waals surface area contributed by atoms with Crippen molar-refractivity contribution < 1.29 is 0 Å². The second-order valence-corrected chi connectivity index (χ2v) is 5.71. The standard InChI is InChI=1S/C14H20N4/c1-17(9-14(15)5-6-14)8-11-3-4-13-12(7-11)16-10-18(13)2/h3-4,7,10H,5-6,8-9,15H2,1-2H3. The summed E-state index contributed by atoms with van der Waals surface area (Å²) in [5.74, 6) is 0. The zero-order chi connectivity index (χ0) is 12.8. The Morgan fingerprint density at radius 2 is 2.22 bits per heavy atom. The number of aryl methyl sites for hydroxylation is 1. The monoisotopic (exact) mass is 244 g/mol. The Kier molecular flexibility index (Phi) is 2.64. The zero-order valence-electron chi connectivity index (χ0n) is 11.1. The molecule has 1 saturated carbocycles. The smallest absolute Gasteiger partial charge is 0.0955 e. The predicted molar refractivity (Wildman–Crippen MR) is 73.2 cm³/mol. The Morgan fingerprint density at radius 1 is 1.44 bits per heavy atom. The minimum absolute atomic E-state index is 0.0872. The number of hydrogen-bond acceptors (Lipinski definition) is 3. The van der Waals surface area contributed by atoms with Crippen LogP contribution in [0.4, 0.5) is 0 Å². The van der Waals surface area contributed by atoms with Gasteiger partial charge in [-0.15, -0.1) is 0 Å². The van der Waals surface area contributed by atoms with Crippen molar-refractivity contribution in [2.45, 2.75) is 24.9 Å². The van der Waals surface area contributed by atoms with Crippen molar-refractivity contribution in [3.63, 3.8) is 0 Å². The summed E-state index contributed by atoms with van der Waals surface area (Å²) in [6.45, 7) is 1.92. The summed E-state index contributed by atoms with van der Waals surface area (Å²) in [5.41, 5.74) is 9.77. The van der Waals surface area contributed by atoms with Gasteiger partial charge < -0.3 is 15.2 Å². The highest BCUT2D eigenvalue weighted by atomic mass is 15.1. The van der Waals surface area contributed by atoms with Crippen molar-refractivity contribution in [2.75, 3.05) is 13.6 Å². The number of rotatable bonds is 4. The molecule has 0 saturated heterocycles. The molecule has 0 radical (unpaired) electrons. The Balaban J connectivity index is 1.73. The first-order chi connectivity index (χ1) is 8.56. The van der Waals surface area contributed by atoms with E-state index < -0.39 is 0 Å². The number of benzene rings is 1. The lowest BCUT2D eigenvalue weighted by Gasteiger charge is -2.20. The van der Waals surface area contributed by atoms with Crippen LogP contribution in [0.1, 0.15) is 18.4 Å². The molecule has 1 aromatic heterocycles. The van der Waals surface area contributed by atoms with Crippen LogP contribution >= 0.6 is 0 Å². The molecule has 3 rings (SSSR count). The van der Waals surface area contributed by atoms with Gasteiger partial charge in [0, 0.05) is 25.7 Å². The first-order valence-electron chi connectivity index (χ1n) is 6.43. The van der Waals surface area contributed by atoms with E-state index in [9.17, 15) is 0 Å². The normalized spacial score (nSPS) is 17.6. The molecular formula is C14H20N4. The van der Waals surface area contributed by atoms with E-state index in [2.05, 4.69) is 35.1 Å². The molecule has 2 N–H and O–H groups in total. The maximum atomic E-state index is 6.14. The van der Waals surface area contributed by atoms with Crippen molar-refractivity contribution in [3.05, 3.63) is 30.1 Å². The predicted octanol–water partition coefficient (Wildman–Crippen LogP) is 1.50. The summed E-state index contributed by atoms with van der Waals surface area (Å²) in [7, 11) is 4.15. The fourth-order valence-corrected chi connectivity index (χ4v) is 2.50. The van der Waals surface area contributed by atoms with E-state index >= 15 is 0 Å². The van der Waals surface area contributed by atoms with Gasteiger partial charge in [0.1, 0.15) is 0 Å². The minimum atomic E-state index is 0.0872. The Morgan fingerprint density at radius 3 is 2.94 bits per heavy atom. The Labute approximate surface area is 107 Å². The van der Waals surface area contributed by atoms with Gasteiger partial charge in [-0.3, -0.25) is 0 Å². The molecule has 1 aliphatic rings. The first-order valence-corrected chi connectivity index (χ1v) is 6.43. The average Bonchev–Trinajstić information content (AvgIpc) is 2.91. The van der Waals surface area contributed by atoms with E-state index in [1.807, 2.05) is 17.9 Å². The molecule has 0 spiro atoms. The van der Waals surface area contributed by atoms with E-state index in [1.165, 1.54) is 11.1 Å². The van der Waals surface area contributed by atoms with Crippen LogP contribution < -0.4 is 5.73 Å². The summed E-state index contributed by atoms with van der Waals surface area (Å²) in [5, 5.41) is 0. The van der Waals surface area contributed by atoms with Crippen molar-refractivity contribution >= 4 is 11.0 Å². The van der Waals surface area contributed by atoms with Crippen LogP contribution in [0, 0.1) is 0 Å². The second-order valence-electron chi connectivity index (χ2n) is 5.71. The van der Waals surface area contributed by atoms with Crippen molar-refractivity contribution in [1.82, 2.24) is 14.5 Å². The van der Waals surface area contributed by atoms with Crippen LogP contribution in [0.15, 0.2) is 24.5 Å². The number of nitrogens with two attached hydrogens (primary N) is 1. The third-order valence-corrected chi connectivity index (χ3v) is 3.72. The molecule has 2 aromatic rings. The fourth-order valence-electron chi connectivity index (χ4n) is 2.50. The van der Waals surface area contributed by atoms with Gasteiger partial charge >= 0.3 is 0 Å². The highest BCUT2D eigenvalue weighted by Crippen LogP contribution is 2.32. The zero-order valence-corrected chi connectivity index (χ0v) is 11.1. The quantitative estimate of drug-likeness (QED) is 0.886. The van der Waals surface area contributed by atoms with Crippen molar-refractivity contribution in [3.8, 4) is 0 Å². The van der Waals surface area contributed by atoms with E-state index in [0.717, 1.165) is 31.4 Å². The molecule has 4 heteroatoms. The first kappa shape index (κ1) is 11.7. The van der Waals surface area contributed by atoms with Gasteiger partial charge in [0.2, 0.25) is 0 Å². The van der Waals surface area contributed by atoms with Gasteiger partial charge in [0.25, 0.3) is 0 Å². The molecule has 1 fully saturated rings. The molecule has 0 bridgehead atoms. The van der Waals surface area contributed by atoms with Gasteiger partial charge in [0.15, 0.2) is 0 Å². The van der Waals surface area contributed by atoms with Gasteiger partial charge in [0.05, 0.1) is 17.4 Å². The Bertz CT molecular complexity index is 568. The van der Waals surface area contributed by atoms with E-state index in [1.54, 1.807) is 0 Å². The summed E-state index contributed by atoms with van der Waals surface area (Å²) in [4.78, 5) is 6.70. The largest absolute Gasteiger partial charge is 0.334 e. The van der Waals surface area contributed by atoms with Crippen LogP contribution in [-0.2, 0) is 13.6 Å². The van der Waals surface area contributed by atoms with Gasteiger partial charge in [-0.1, -0.05) is 6.07 Å². The number of imidazole rings is 1. The van der Waals surface area contributed by atoms with Crippen LogP contribution in [0.3, 0.4) is 0 Å². The summed E-state index contributed by atoms with van der Waals surface area (Å²) in [6, 6.07) is 6.49. The van der Waals surface area contributed by atoms with E-state index in [0.29, 0.717) is 0 Å². The van der Waals surface area contributed by atoms with Crippen LogP contribution in [-0.4, -0.2) is 33.6 Å². The lowest BCUT2D eigenvalue weighted by Crippen LogP contribution is -2.36. The van der Waals surface area contributed by atoms with Crippen LogP contribution in [0.25, 0.3) is 11.0 Å². The number of nitrogens with zero attached hydrogens (tertiary/aromatic N) is 3. The second kappa shape index (κ2) is 4.07. The molecule has 1 aromatic carbocycles. The molecule has 18 heavy (non-hydrogen) atoms. The van der Waals surface area contributed by atoms with Crippen LogP contribution in [0.2, 0.25) is 0 Å². The Hall–Kier alpha value is -1.39. The third kappa shape index (κ3) is 2.26. The van der Waals surface area contributed by atoms with Gasteiger partial charge in [-0.25, -0.2) is 4.98 Å². The number of likely N-dealkylation sites (N-methyl/N-ethyl adjacent to an activating group) is 1. The van der Waals surface area contributed by atoms with Crippen molar-refractivity contribution in [2.24, 2.45) is 12.8 Å². The van der Waals surface area contributed by atoms with E-state index in [4.69, 9.17) is 5.73 Å². The fraction of sp³-hybridized carbons (Fsp3) is 0.500. The molecule has 0 atom stereocenters. The summed E-state index contributed by atoms with van der Waals surface area (Å²) >= 11 is 0.